The molecule has 0 aliphatic carbocycles. The van der Waals surface area contributed by atoms with Gasteiger partial charge in [-0.1, -0.05) is 6.07 Å². The van der Waals surface area contributed by atoms with Gasteiger partial charge in [0, 0.05) is 6.54 Å². The van der Waals surface area contributed by atoms with Gasteiger partial charge in [0.2, 0.25) is 6.29 Å². The molecule has 1 N–H and O–H groups in total. The highest BCUT2D eigenvalue weighted by molar-refractivity contribution is 9.10. The molecule has 0 bridgehead atoms. The highest BCUT2D eigenvalue weighted by atomic mass is 79.9. The van der Waals surface area contributed by atoms with Gasteiger partial charge < -0.3 is 10.1 Å². The van der Waals surface area contributed by atoms with Crippen molar-refractivity contribution in [1.29, 1.82) is 0 Å². The Balaban J connectivity index is 2.67. The molecule has 0 aliphatic heterocycles. The van der Waals surface area contributed by atoms with Crippen LogP contribution in [0.2, 0.25) is 0 Å². The number of carbonyl (C=O) groups is 2. The summed E-state index contributed by atoms with van der Waals surface area (Å²) in [4.78, 5) is 20.7. The van der Waals surface area contributed by atoms with E-state index in [-0.39, 0.29) is 6.29 Å². The normalized spacial score (nSPS) is 9.47. The molecule has 0 aromatic heterocycles. The van der Waals surface area contributed by atoms with Gasteiger partial charge in [0.25, 0.3) is 5.91 Å². The van der Waals surface area contributed by atoms with Crippen LogP contribution in [0.5, 0.6) is 5.75 Å². The lowest BCUT2D eigenvalue weighted by Gasteiger charge is -2.06. The van der Waals surface area contributed by atoms with Crippen LogP contribution in [0.15, 0.2) is 22.7 Å². The predicted octanol–water partition coefficient (Wildman–Crippen LogP) is 1.27. The van der Waals surface area contributed by atoms with Crippen molar-refractivity contribution in [3.05, 3.63) is 28.2 Å². The fourth-order valence-electron chi connectivity index (χ4n) is 1.05. The third kappa shape index (κ3) is 3.36. The Kier molecular flexibility index (Phi) is 4.30. The van der Waals surface area contributed by atoms with Crippen LogP contribution in [0.1, 0.15) is 5.56 Å². The molecule has 1 amide bonds. The second-order valence-electron chi connectivity index (χ2n) is 2.80. The van der Waals surface area contributed by atoms with E-state index in [0.717, 1.165) is 15.8 Å². The fraction of sp³-hybridized carbons (Fsp3) is 0.200. The molecule has 0 unspecified atom stereocenters. The summed E-state index contributed by atoms with van der Waals surface area (Å²) < 4.78 is 5.86. The van der Waals surface area contributed by atoms with Gasteiger partial charge in [-0.3, -0.25) is 9.59 Å². The van der Waals surface area contributed by atoms with Gasteiger partial charge in [-0.25, -0.2) is 0 Å². The molecule has 15 heavy (non-hydrogen) atoms. The van der Waals surface area contributed by atoms with Gasteiger partial charge in [0.05, 0.1) is 11.6 Å². The highest BCUT2D eigenvalue weighted by Gasteiger charge is 2.02. The first-order valence-electron chi connectivity index (χ1n) is 4.22. The Labute approximate surface area is 95.7 Å². The zero-order valence-corrected chi connectivity index (χ0v) is 9.71. The first-order chi connectivity index (χ1) is 7.17. The summed E-state index contributed by atoms with van der Waals surface area (Å²) in [5, 5.41) is 2.44. The zero-order chi connectivity index (χ0) is 11.3. The standard InChI is InChI=1S/C10H10BrNO3/c1-15-9-3-2-7(4-8(9)11)5-12-10(14)6-13/h2-4,6H,5H2,1H3,(H,12,14). The Morgan fingerprint density at radius 1 is 1.60 bits per heavy atom. The number of amides is 1. The second kappa shape index (κ2) is 5.50. The van der Waals surface area contributed by atoms with Crippen molar-refractivity contribution in [2.75, 3.05) is 7.11 Å². The van der Waals surface area contributed by atoms with Gasteiger partial charge in [0.15, 0.2) is 0 Å². The number of ether oxygens (including phenoxy) is 1. The SMILES string of the molecule is COc1ccc(CNC(=O)C=O)cc1Br. The number of aldehydes is 1. The molecule has 0 fully saturated rings. The van der Waals surface area contributed by atoms with Crippen molar-refractivity contribution in [2.45, 2.75) is 6.54 Å². The summed E-state index contributed by atoms with van der Waals surface area (Å²) >= 11 is 3.32. The minimum absolute atomic E-state index is 0.249. The molecule has 0 heterocycles. The van der Waals surface area contributed by atoms with E-state index in [0.29, 0.717) is 6.54 Å². The summed E-state index contributed by atoms with van der Waals surface area (Å²) in [5.41, 5.74) is 0.887. The minimum Gasteiger partial charge on any atom is -0.496 e. The Hall–Kier alpha value is -1.36. The number of halogens is 1. The maximum absolute atomic E-state index is 10.7. The molecule has 0 atom stereocenters. The molecular formula is C10H10BrNO3. The van der Waals surface area contributed by atoms with Crippen LogP contribution in [0.25, 0.3) is 0 Å². The smallest absolute Gasteiger partial charge is 0.284 e. The van der Waals surface area contributed by atoms with Crippen molar-refractivity contribution in [1.82, 2.24) is 5.32 Å². The summed E-state index contributed by atoms with van der Waals surface area (Å²) in [6, 6.07) is 5.42. The molecule has 0 spiro atoms. The molecule has 4 nitrogen and oxygen atoms in total. The lowest BCUT2D eigenvalue weighted by Crippen LogP contribution is -2.23. The number of carbonyl (C=O) groups excluding carboxylic acids is 2. The molecule has 0 radical (unpaired) electrons. The average molecular weight is 272 g/mol. The molecule has 0 aliphatic rings. The van der Waals surface area contributed by atoms with Crippen molar-refractivity contribution in [3.8, 4) is 5.75 Å². The van der Waals surface area contributed by atoms with Crippen LogP contribution in [-0.2, 0) is 16.1 Å². The van der Waals surface area contributed by atoms with E-state index in [4.69, 9.17) is 4.74 Å². The molecule has 0 saturated heterocycles. The number of hydrogen-bond donors (Lipinski definition) is 1. The van der Waals surface area contributed by atoms with Crippen LogP contribution < -0.4 is 10.1 Å². The van der Waals surface area contributed by atoms with Crippen molar-refractivity contribution in [2.24, 2.45) is 0 Å². The van der Waals surface area contributed by atoms with Gasteiger partial charge in [-0.05, 0) is 33.6 Å². The monoisotopic (exact) mass is 271 g/mol. The van der Waals surface area contributed by atoms with Gasteiger partial charge >= 0.3 is 0 Å². The Morgan fingerprint density at radius 3 is 2.87 bits per heavy atom. The van der Waals surface area contributed by atoms with Crippen LogP contribution in [0.4, 0.5) is 0 Å². The van der Waals surface area contributed by atoms with E-state index < -0.39 is 5.91 Å². The fourth-order valence-corrected chi connectivity index (χ4v) is 1.64. The second-order valence-corrected chi connectivity index (χ2v) is 3.66. The topological polar surface area (TPSA) is 55.4 Å². The Bertz CT molecular complexity index is 379. The molecule has 5 heteroatoms. The van der Waals surface area contributed by atoms with Crippen LogP contribution in [-0.4, -0.2) is 19.3 Å². The molecule has 80 valence electrons. The summed E-state index contributed by atoms with van der Waals surface area (Å²) in [6.45, 7) is 0.320. The largest absolute Gasteiger partial charge is 0.496 e. The van der Waals surface area contributed by atoms with E-state index in [1.54, 1.807) is 13.2 Å². The first-order valence-corrected chi connectivity index (χ1v) is 5.02. The molecule has 0 saturated carbocycles. The third-order valence-corrected chi connectivity index (χ3v) is 2.41. The van der Waals surface area contributed by atoms with Crippen LogP contribution >= 0.6 is 15.9 Å². The first kappa shape index (κ1) is 11.7. The molecule has 1 rings (SSSR count). The molecule has 1 aromatic rings. The summed E-state index contributed by atoms with van der Waals surface area (Å²) in [7, 11) is 1.58. The number of benzene rings is 1. The number of hydrogen-bond acceptors (Lipinski definition) is 3. The van der Waals surface area contributed by atoms with Gasteiger partial charge in [-0.15, -0.1) is 0 Å². The van der Waals surface area contributed by atoms with Crippen LogP contribution in [0, 0.1) is 0 Å². The quantitative estimate of drug-likeness (QED) is 0.663. The summed E-state index contributed by atoms with van der Waals surface area (Å²) in [6.07, 6.45) is 0.249. The van der Waals surface area contributed by atoms with E-state index in [1.165, 1.54) is 0 Å². The number of nitrogens with one attached hydrogen (secondary N) is 1. The van der Waals surface area contributed by atoms with E-state index in [1.807, 2.05) is 12.1 Å². The maximum Gasteiger partial charge on any atom is 0.284 e. The van der Waals surface area contributed by atoms with E-state index in [9.17, 15) is 9.59 Å². The lowest BCUT2D eigenvalue weighted by atomic mass is 10.2. The summed E-state index contributed by atoms with van der Waals surface area (Å²) in [5.74, 6) is 0.0994. The third-order valence-electron chi connectivity index (χ3n) is 1.79. The van der Waals surface area contributed by atoms with E-state index >= 15 is 0 Å². The zero-order valence-electron chi connectivity index (χ0n) is 8.12. The lowest BCUT2D eigenvalue weighted by molar-refractivity contribution is -0.131. The molecule has 1 aromatic carbocycles. The number of rotatable bonds is 4. The molecular weight excluding hydrogens is 262 g/mol. The number of methoxy groups -OCH3 is 1. The van der Waals surface area contributed by atoms with Gasteiger partial charge in [0.1, 0.15) is 5.75 Å². The minimum atomic E-state index is -0.623. The van der Waals surface area contributed by atoms with Crippen molar-refractivity contribution >= 4 is 28.1 Å². The van der Waals surface area contributed by atoms with Crippen molar-refractivity contribution < 1.29 is 14.3 Å². The predicted molar refractivity (Wildman–Crippen MR) is 58.6 cm³/mol. The van der Waals surface area contributed by atoms with Crippen molar-refractivity contribution in [3.63, 3.8) is 0 Å². The average Bonchev–Trinajstić information content (AvgIpc) is 2.26. The Morgan fingerprint density at radius 2 is 2.33 bits per heavy atom. The van der Waals surface area contributed by atoms with Gasteiger partial charge in [-0.2, -0.15) is 0 Å². The maximum atomic E-state index is 10.7. The van der Waals surface area contributed by atoms with Crippen LogP contribution in [0.3, 0.4) is 0 Å². The van der Waals surface area contributed by atoms with E-state index in [2.05, 4.69) is 21.2 Å². The highest BCUT2D eigenvalue weighted by Crippen LogP contribution is 2.25.